The maximum absolute atomic E-state index is 13.0. The van der Waals surface area contributed by atoms with Crippen molar-refractivity contribution in [2.75, 3.05) is 6.61 Å². The molecule has 4 rings (SSSR count). The van der Waals surface area contributed by atoms with E-state index in [0.717, 1.165) is 36.0 Å². The van der Waals surface area contributed by atoms with Crippen molar-refractivity contribution in [1.29, 1.82) is 0 Å². The number of hydrazine groups is 1. The standard InChI is InChI=1S/C20H27N5O3/c1-11-16-13(18(26)22-23-19(27)15-6-5-9-28-15)10-14(12-7-8-12)21-17(16)25(24-11)20(2,3)4/h10,12,15H,5-9H2,1-4H3,(H,22,26)(H,23,27). The summed E-state index contributed by atoms with van der Waals surface area (Å²) in [6.07, 6.45) is 3.19. The molecule has 8 nitrogen and oxygen atoms in total. The van der Waals surface area contributed by atoms with Crippen LogP contribution in [0.15, 0.2) is 6.07 Å². The van der Waals surface area contributed by atoms with Gasteiger partial charge < -0.3 is 4.74 Å². The predicted molar refractivity (Wildman–Crippen MR) is 104 cm³/mol. The van der Waals surface area contributed by atoms with Gasteiger partial charge in [-0.25, -0.2) is 9.67 Å². The van der Waals surface area contributed by atoms with Crippen LogP contribution >= 0.6 is 0 Å². The summed E-state index contributed by atoms with van der Waals surface area (Å²) in [5.41, 5.74) is 7.65. The van der Waals surface area contributed by atoms with E-state index in [2.05, 4.69) is 36.7 Å². The molecule has 0 aromatic carbocycles. The van der Waals surface area contributed by atoms with E-state index in [0.29, 0.717) is 30.2 Å². The van der Waals surface area contributed by atoms with Gasteiger partial charge in [0, 0.05) is 18.2 Å². The van der Waals surface area contributed by atoms with Gasteiger partial charge in [-0.1, -0.05) is 0 Å². The molecule has 2 aromatic rings. The number of aromatic nitrogens is 3. The molecular weight excluding hydrogens is 358 g/mol. The molecule has 1 saturated carbocycles. The van der Waals surface area contributed by atoms with Crippen LogP contribution in [0.25, 0.3) is 11.0 Å². The van der Waals surface area contributed by atoms with E-state index in [1.54, 1.807) is 0 Å². The molecular formula is C20H27N5O3. The number of nitrogens with zero attached hydrogens (tertiary/aromatic N) is 3. The number of carbonyl (C=O) groups excluding carboxylic acids is 2. The highest BCUT2D eigenvalue weighted by Crippen LogP contribution is 2.40. The Balaban J connectivity index is 1.68. The number of fused-ring (bicyclic) bond motifs is 1. The van der Waals surface area contributed by atoms with Crippen molar-refractivity contribution in [3.63, 3.8) is 0 Å². The first-order valence-corrected chi connectivity index (χ1v) is 9.88. The van der Waals surface area contributed by atoms with Crippen LogP contribution in [0.5, 0.6) is 0 Å². The molecule has 2 fully saturated rings. The number of ether oxygens (including phenoxy) is 1. The van der Waals surface area contributed by atoms with Gasteiger partial charge in [0.2, 0.25) is 0 Å². The number of pyridine rings is 1. The minimum absolute atomic E-state index is 0.260. The van der Waals surface area contributed by atoms with E-state index in [1.807, 2.05) is 17.7 Å². The SMILES string of the molecule is Cc1nn(C(C)(C)C)c2nc(C3CC3)cc(C(=O)NNC(=O)C3CCCO3)c12. The van der Waals surface area contributed by atoms with Crippen molar-refractivity contribution in [2.24, 2.45) is 0 Å². The minimum Gasteiger partial charge on any atom is -0.368 e. The molecule has 0 radical (unpaired) electrons. The fourth-order valence-electron chi connectivity index (χ4n) is 3.59. The van der Waals surface area contributed by atoms with Crippen molar-refractivity contribution in [3.8, 4) is 0 Å². The molecule has 150 valence electrons. The summed E-state index contributed by atoms with van der Waals surface area (Å²) in [4.78, 5) is 29.9. The van der Waals surface area contributed by atoms with E-state index < -0.39 is 6.10 Å². The Labute approximate surface area is 164 Å². The van der Waals surface area contributed by atoms with Gasteiger partial charge in [0.25, 0.3) is 11.8 Å². The largest absolute Gasteiger partial charge is 0.368 e. The lowest BCUT2D eigenvalue weighted by Gasteiger charge is -2.20. The average Bonchev–Trinajstić information content (AvgIpc) is 3.23. The normalized spacial score (nSPS) is 19.8. The number of aryl methyl sites for hydroxylation is 1. The average molecular weight is 385 g/mol. The molecule has 2 aliphatic rings. The molecule has 28 heavy (non-hydrogen) atoms. The van der Waals surface area contributed by atoms with Gasteiger partial charge in [0.05, 0.1) is 22.2 Å². The third kappa shape index (κ3) is 3.48. The van der Waals surface area contributed by atoms with Crippen molar-refractivity contribution in [3.05, 3.63) is 23.0 Å². The second kappa shape index (κ2) is 6.84. The Morgan fingerprint density at radius 1 is 1.21 bits per heavy atom. The van der Waals surface area contributed by atoms with E-state index in [1.165, 1.54) is 0 Å². The summed E-state index contributed by atoms with van der Waals surface area (Å²) in [7, 11) is 0. The zero-order valence-electron chi connectivity index (χ0n) is 16.8. The maximum Gasteiger partial charge on any atom is 0.270 e. The summed E-state index contributed by atoms with van der Waals surface area (Å²) in [6, 6.07) is 1.84. The number of hydrogen-bond donors (Lipinski definition) is 2. The summed E-state index contributed by atoms with van der Waals surface area (Å²) >= 11 is 0. The highest BCUT2D eigenvalue weighted by Gasteiger charge is 2.31. The Hall–Kier alpha value is -2.48. The molecule has 1 atom stereocenters. The summed E-state index contributed by atoms with van der Waals surface area (Å²) < 4.78 is 7.24. The van der Waals surface area contributed by atoms with Gasteiger partial charge in [-0.2, -0.15) is 5.10 Å². The molecule has 3 heterocycles. The van der Waals surface area contributed by atoms with Crippen LogP contribution in [0.4, 0.5) is 0 Å². The van der Waals surface area contributed by atoms with Gasteiger partial charge in [0.1, 0.15) is 6.10 Å². The van der Waals surface area contributed by atoms with E-state index >= 15 is 0 Å². The molecule has 1 unspecified atom stereocenters. The topological polar surface area (TPSA) is 98.1 Å². The minimum atomic E-state index is -0.495. The smallest absolute Gasteiger partial charge is 0.270 e. The quantitative estimate of drug-likeness (QED) is 0.790. The summed E-state index contributed by atoms with van der Waals surface area (Å²) in [6.45, 7) is 8.64. The molecule has 1 aliphatic heterocycles. The van der Waals surface area contributed by atoms with Crippen LogP contribution in [-0.4, -0.2) is 39.3 Å². The second-order valence-electron chi connectivity index (χ2n) is 8.68. The molecule has 2 amide bonds. The lowest BCUT2D eigenvalue weighted by Crippen LogP contribution is -2.46. The molecule has 2 aromatic heterocycles. The van der Waals surface area contributed by atoms with Gasteiger partial charge in [-0.05, 0) is 59.4 Å². The Morgan fingerprint density at radius 2 is 1.96 bits per heavy atom. The summed E-state index contributed by atoms with van der Waals surface area (Å²) in [5.74, 6) is -0.293. The zero-order valence-corrected chi connectivity index (χ0v) is 16.8. The number of carbonyl (C=O) groups is 2. The van der Waals surface area contributed by atoms with Crippen LogP contribution in [0.3, 0.4) is 0 Å². The second-order valence-corrected chi connectivity index (χ2v) is 8.68. The Morgan fingerprint density at radius 3 is 2.57 bits per heavy atom. The van der Waals surface area contributed by atoms with Crippen molar-refractivity contribution in [2.45, 2.75) is 70.9 Å². The highest BCUT2D eigenvalue weighted by molar-refractivity contribution is 6.07. The zero-order chi connectivity index (χ0) is 20.1. The van der Waals surface area contributed by atoms with Crippen LogP contribution < -0.4 is 10.9 Å². The lowest BCUT2D eigenvalue weighted by molar-refractivity contribution is -0.130. The van der Waals surface area contributed by atoms with Gasteiger partial charge >= 0.3 is 0 Å². The van der Waals surface area contributed by atoms with Gasteiger partial charge in [-0.3, -0.25) is 20.4 Å². The molecule has 1 aliphatic carbocycles. The Bertz CT molecular complexity index is 933. The first kappa shape index (κ1) is 18.9. The third-order valence-corrected chi connectivity index (χ3v) is 5.23. The summed E-state index contributed by atoms with van der Waals surface area (Å²) in [5, 5.41) is 5.38. The third-order valence-electron chi connectivity index (χ3n) is 5.23. The number of hydrogen-bond acceptors (Lipinski definition) is 5. The lowest BCUT2D eigenvalue weighted by atomic mass is 10.1. The molecule has 8 heteroatoms. The molecule has 0 spiro atoms. The van der Waals surface area contributed by atoms with E-state index in [4.69, 9.17) is 9.72 Å². The molecule has 0 bridgehead atoms. The van der Waals surface area contributed by atoms with E-state index in [-0.39, 0.29) is 17.4 Å². The van der Waals surface area contributed by atoms with Crippen molar-refractivity contribution < 1.29 is 14.3 Å². The van der Waals surface area contributed by atoms with Crippen LogP contribution in [0, 0.1) is 6.92 Å². The Kier molecular flexibility index (Phi) is 4.61. The number of rotatable bonds is 3. The van der Waals surface area contributed by atoms with E-state index in [9.17, 15) is 9.59 Å². The molecule has 1 saturated heterocycles. The van der Waals surface area contributed by atoms with Crippen LogP contribution in [0.2, 0.25) is 0 Å². The van der Waals surface area contributed by atoms with Crippen LogP contribution in [0.1, 0.15) is 74.1 Å². The monoisotopic (exact) mass is 385 g/mol. The fraction of sp³-hybridized carbons (Fsp3) is 0.600. The van der Waals surface area contributed by atoms with Crippen molar-refractivity contribution >= 4 is 22.8 Å². The van der Waals surface area contributed by atoms with Gasteiger partial charge in [-0.15, -0.1) is 0 Å². The first-order chi connectivity index (χ1) is 13.3. The number of amides is 2. The van der Waals surface area contributed by atoms with Crippen molar-refractivity contribution in [1.82, 2.24) is 25.6 Å². The number of nitrogens with one attached hydrogen (secondary N) is 2. The first-order valence-electron chi connectivity index (χ1n) is 9.88. The maximum atomic E-state index is 13.0. The van der Waals surface area contributed by atoms with Crippen LogP contribution in [-0.2, 0) is 15.1 Å². The van der Waals surface area contributed by atoms with Gasteiger partial charge in [0.15, 0.2) is 5.65 Å². The highest BCUT2D eigenvalue weighted by atomic mass is 16.5. The molecule has 2 N–H and O–H groups in total. The predicted octanol–water partition coefficient (Wildman–Crippen LogP) is 2.31. The fourth-order valence-corrected chi connectivity index (χ4v) is 3.59.